The summed E-state index contributed by atoms with van der Waals surface area (Å²) in [5, 5.41) is 3.83. The molecule has 1 N–H and O–H groups in total. The molecule has 3 aromatic rings. The maximum absolute atomic E-state index is 12.6. The first-order valence-corrected chi connectivity index (χ1v) is 8.23. The summed E-state index contributed by atoms with van der Waals surface area (Å²) in [7, 11) is 0. The van der Waals surface area contributed by atoms with Crippen molar-refractivity contribution < 1.29 is 4.79 Å². The summed E-state index contributed by atoms with van der Waals surface area (Å²) in [4.78, 5) is 19.2. The Morgan fingerprint density at radius 3 is 2.42 bits per heavy atom. The second kappa shape index (κ2) is 7.13. The summed E-state index contributed by atoms with van der Waals surface area (Å²) in [5.41, 5.74) is 3.40. The summed E-state index contributed by atoms with van der Waals surface area (Å²) in [6.07, 6.45) is 1.67. The molecule has 0 saturated heterocycles. The minimum absolute atomic E-state index is 0.121. The highest BCUT2D eigenvalue weighted by Gasteiger charge is 2.11. The van der Waals surface area contributed by atoms with Crippen molar-refractivity contribution in [3.05, 3.63) is 66.4 Å². The summed E-state index contributed by atoms with van der Waals surface area (Å²) >= 11 is 0. The summed E-state index contributed by atoms with van der Waals surface area (Å²) in [5.74, 6) is -0.121. The van der Waals surface area contributed by atoms with E-state index < -0.39 is 0 Å². The zero-order valence-corrected chi connectivity index (χ0v) is 14.0. The second-order valence-corrected chi connectivity index (χ2v) is 5.55. The number of amides is 1. The quantitative estimate of drug-likeness (QED) is 0.761. The number of aromatic nitrogens is 1. The molecule has 0 aliphatic heterocycles. The van der Waals surface area contributed by atoms with E-state index in [2.05, 4.69) is 29.0 Å². The Morgan fingerprint density at radius 2 is 1.71 bits per heavy atom. The van der Waals surface area contributed by atoms with Crippen molar-refractivity contribution in [3.63, 3.8) is 0 Å². The van der Waals surface area contributed by atoms with E-state index in [0.717, 1.165) is 35.4 Å². The predicted molar refractivity (Wildman–Crippen MR) is 99.7 cm³/mol. The molecule has 1 amide bonds. The topological polar surface area (TPSA) is 45.2 Å². The lowest BCUT2D eigenvalue weighted by atomic mass is 10.1. The van der Waals surface area contributed by atoms with E-state index in [1.807, 2.05) is 48.5 Å². The third-order valence-corrected chi connectivity index (χ3v) is 4.15. The van der Waals surface area contributed by atoms with Gasteiger partial charge in [0.2, 0.25) is 0 Å². The molecule has 0 bridgehead atoms. The monoisotopic (exact) mass is 319 g/mol. The van der Waals surface area contributed by atoms with Gasteiger partial charge in [0.15, 0.2) is 0 Å². The van der Waals surface area contributed by atoms with Crippen molar-refractivity contribution in [2.75, 3.05) is 23.3 Å². The molecule has 0 aliphatic rings. The SMILES string of the molecule is CCN(CC)c1ccc(NC(=O)c2ccnc3ccccc23)cc1. The molecule has 0 radical (unpaired) electrons. The van der Waals surface area contributed by atoms with Crippen LogP contribution in [0.3, 0.4) is 0 Å². The summed E-state index contributed by atoms with van der Waals surface area (Å²) < 4.78 is 0. The molecule has 0 aliphatic carbocycles. The molecular weight excluding hydrogens is 298 g/mol. The third kappa shape index (κ3) is 3.23. The van der Waals surface area contributed by atoms with Crippen molar-refractivity contribution in [1.29, 1.82) is 0 Å². The van der Waals surface area contributed by atoms with Gasteiger partial charge in [0.05, 0.1) is 11.1 Å². The molecule has 0 spiro atoms. The maximum Gasteiger partial charge on any atom is 0.256 e. The number of hydrogen-bond acceptors (Lipinski definition) is 3. The molecule has 122 valence electrons. The Hall–Kier alpha value is -2.88. The maximum atomic E-state index is 12.6. The first-order chi connectivity index (χ1) is 11.7. The Bertz CT molecular complexity index is 834. The number of rotatable bonds is 5. The van der Waals surface area contributed by atoms with Gasteiger partial charge in [0.1, 0.15) is 0 Å². The van der Waals surface area contributed by atoms with Gasteiger partial charge in [-0.25, -0.2) is 0 Å². The molecule has 0 unspecified atom stereocenters. The number of carbonyl (C=O) groups excluding carboxylic acids is 1. The van der Waals surface area contributed by atoms with Crippen molar-refractivity contribution in [3.8, 4) is 0 Å². The lowest BCUT2D eigenvalue weighted by Gasteiger charge is -2.21. The summed E-state index contributed by atoms with van der Waals surface area (Å²) in [6, 6.07) is 17.4. The molecule has 24 heavy (non-hydrogen) atoms. The number of hydrogen-bond donors (Lipinski definition) is 1. The minimum Gasteiger partial charge on any atom is -0.372 e. The highest BCUT2D eigenvalue weighted by molar-refractivity contribution is 6.12. The molecule has 0 atom stereocenters. The highest BCUT2D eigenvalue weighted by Crippen LogP contribution is 2.20. The van der Waals surface area contributed by atoms with Crippen LogP contribution in [0.15, 0.2) is 60.8 Å². The van der Waals surface area contributed by atoms with E-state index in [1.54, 1.807) is 12.3 Å². The van der Waals surface area contributed by atoms with Crippen molar-refractivity contribution >= 4 is 28.2 Å². The highest BCUT2D eigenvalue weighted by atomic mass is 16.1. The van der Waals surface area contributed by atoms with Crippen LogP contribution in [-0.4, -0.2) is 24.0 Å². The van der Waals surface area contributed by atoms with Gasteiger partial charge in [0.25, 0.3) is 5.91 Å². The number of para-hydroxylation sites is 1. The first kappa shape index (κ1) is 16.0. The first-order valence-electron chi connectivity index (χ1n) is 8.23. The molecule has 4 nitrogen and oxygen atoms in total. The Morgan fingerprint density at radius 1 is 1.00 bits per heavy atom. The van der Waals surface area contributed by atoms with Gasteiger partial charge >= 0.3 is 0 Å². The normalized spacial score (nSPS) is 10.6. The second-order valence-electron chi connectivity index (χ2n) is 5.55. The average molecular weight is 319 g/mol. The number of benzene rings is 2. The Balaban J connectivity index is 1.81. The van der Waals surface area contributed by atoms with E-state index in [4.69, 9.17) is 0 Å². The van der Waals surface area contributed by atoms with Crippen LogP contribution in [-0.2, 0) is 0 Å². The minimum atomic E-state index is -0.121. The van der Waals surface area contributed by atoms with Crippen LogP contribution in [0.4, 0.5) is 11.4 Å². The number of fused-ring (bicyclic) bond motifs is 1. The van der Waals surface area contributed by atoms with Crippen molar-refractivity contribution in [2.24, 2.45) is 0 Å². The molecule has 1 heterocycles. The van der Waals surface area contributed by atoms with Gasteiger partial charge in [-0.3, -0.25) is 9.78 Å². The van der Waals surface area contributed by atoms with Crippen molar-refractivity contribution in [2.45, 2.75) is 13.8 Å². The molecule has 1 aromatic heterocycles. The molecule has 2 aromatic carbocycles. The fourth-order valence-electron chi connectivity index (χ4n) is 2.84. The standard InChI is InChI=1S/C20H21N3O/c1-3-23(4-2)16-11-9-15(10-12-16)22-20(24)18-13-14-21-19-8-6-5-7-17(18)19/h5-14H,3-4H2,1-2H3,(H,22,24). The fourth-order valence-corrected chi connectivity index (χ4v) is 2.84. The van der Waals surface area contributed by atoms with Crippen LogP contribution in [0, 0.1) is 0 Å². The molecule has 4 heteroatoms. The van der Waals surface area contributed by atoms with Crippen LogP contribution in [0.5, 0.6) is 0 Å². The molecule has 0 fully saturated rings. The summed E-state index contributed by atoms with van der Waals surface area (Å²) in [6.45, 7) is 6.19. The van der Waals surface area contributed by atoms with E-state index in [0.29, 0.717) is 5.56 Å². The van der Waals surface area contributed by atoms with E-state index in [9.17, 15) is 4.79 Å². The lowest BCUT2D eigenvalue weighted by molar-refractivity contribution is 0.102. The van der Waals surface area contributed by atoms with Gasteiger partial charge < -0.3 is 10.2 Å². The molecule has 0 saturated carbocycles. The van der Waals surface area contributed by atoms with E-state index in [1.165, 1.54) is 0 Å². The number of nitrogens with zero attached hydrogens (tertiary/aromatic N) is 2. The van der Waals surface area contributed by atoms with Gasteiger partial charge in [-0.05, 0) is 50.2 Å². The van der Waals surface area contributed by atoms with Crippen LogP contribution < -0.4 is 10.2 Å². The zero-order chi connectivity index (χ0) is 16.9. The number of pyridine rings is 1. The predicted octanol–water partition coefficient (Wildman–Crippen LogP) is 4.33. The van der Waals surface area contributed by atoms with Crippen molar-refractivity contribution in [1.82, 2.24) is 4.98 Å². The number of nitrogens with one attached hydrogen (secondary N) is 1. The van der Waals surface area contributed by atoms with Gasteiger partial charge in [-0.2, -0.15) is 0 Å². The largest absolute Gasteiger partial charge is 0.372 e. The van der Waals surface area contributed by atoms with Crippen LogP contribution >= 0.6 is 0 Å². The number of anilines is 2. The third-order valence-electron chi connectivity index (χ3n) is 4.15. The Labute approximate surface area is 142 Å². The molecular formula is C20H21N3O. The van der Waals surface area contributed by atoms with Crippen LogP contribution in [0.2, 0.25) is 0 Å². The van der Waals surface area contributed by atoms with Gasteiger partial charge in [-0.1, -0.05) is 18.2 Å². The van der Waals surface area contributed by atoms with Gasteiger partial charge in [-0.15, -0.1) is 0 Å². The zero-order valence-electron chi connectivity index (χ0n) is 14.0. The smallest absolute Gasteiger partial charge is 0.256 e. The average Bonchev–Trinajstić information content (AvgIpc) is 2.63. The van der Waals surface area contributed by atoms with Crippen LogP contribution in [0.1, 0.15) is 24.2 Å². The molecule has 3 rings (SSSR count). The fraction of sp³-hybridized carbons (Fsp3) is 0.200. The Kier molecular flexibility index (Phi) is 4.75. The van der Waals surface area contributed by atoms with E-state index in [-0.39, 0.29) is 5.91 Å². The van der Waals surface area contributed by atoms with E-state index >= 15 is 0 Å². The lowest BCUT2D eigenvalue weighted by Crippen LogP contribution is -2.21. The van der Waals surface area contributed by atoms with Crippen LogP contribution in [0.25, 0.3) is 10.9 Å². The van der Waals surface area contributed by atoms with Gasteiger partial charge in [0, 0.05) is 36.0 Å². The number of carbonyl (C=O) groups is 1.